The number of rotatable bonds is 8. The summed E-state index contributed by atoms with van der Waals surface area (Å²) in [4.78, 5) is 11.3. The molecule has 0 amide bonds. The Labute approximate surface area is 201 Å². The Kier molecular flexibility index (Phi) is 10.5. The number of benzene rings is 1. The maximum atomic E-state index is 5.84. The topological polar surface area (TPSA) is 61.8 Å². The van der Waals surface area contributed by atoms with Crippen molar-refractivity contribution in [2.45, 2.75) is 19.8 Å². The number of guanidine groups is 1. The monoisotopic (exact) mass is 543 g/mol. The van der Waals surface area contributed by atoms with Gasteiger partial charge in [-0.3, -0.25) is 4.99 Å². The molecule has 1 aliphatic heterocycles. The highest BCUT2D eigenvalue weighted by molar-refractivity contribution is 14.0. The molecular formula is C22H31ClIN5O. The summed E-state index contributed by atoms with van der Waals surface area (Å²) in [6, 6.07) is 12.0. The first kappa shape index (κ1) is 24.5. The molecule has 0 radical (unpaired) electrons. The number of hydrogen-bond donors (Lipinski definition) is 2. The Morgan fingerprint density at radius 2 is 2.10 bits per heavy atom. The molecule has 0 bridgehead atoms. The number of nitrogens with one attached hydrogen (secondary N) is 2. The molecule has 1 aromatic heterocycles. The molecule has 1 aliphatic rings. The van der Waals surface area contributed by atoms with Crippen LogP contribution in [0.2, 0.25) is 5.15 Å². The molecular weight excluding hydrogens is 513 g/mol. The first-order chi connectivity index (χ1) is 14.2. The quantitative estimate of drug-likeness (QED) is 0.228. The van der Waals surface area contributed by atoms with Gasteiger partial charge in [-0.25, -0.2) is 4.98 Å². The maximum Gasteiger partial charge on any atom is 0.191 e. The molecule has 0 aliphatic carbocycles. The molecule has 2 heterocycles. The second-order valence-electron chi connectivity index (χ2n) is 7.16. The van der Waals surface area contributed by atoms with Crippen LogP contribution in [0.5, 0.6) is 5.75 Å². The van der Waals surface area contributed by atoms with Gasteiger partial charge in [0.05, 0.1) is 12.8 Å². The van der Waals surface area contributed by atoms with Crippen LogP contribution in [0.4, 0.5) is 5.69 Å². The Morgan fingerprint density at radius 3 is 2.83 bits per heavy atom. The first-order valence-electron chi connectivity index (χ1n) is 10.2. The second-order valence-corrected chi connectivity index (χ2v) is 7.55. The van der Waals surface area contributed by atoms with Gasteiger partial charge in [-0.15, -0.1) is 24.0 Å². The zero-order valence-electron chi connectivity index (χ0n) is 17.6. The van der Waals surface area contributed by atoms with Gasteiger partial charge < -0.3 is 20.3 Å². The van der Waals surface area contributed by atoms with Gasteiger partial charge in [-0.1, -0.05) is 29.8 Å². The third kappa shape index (κ3) is 7.19. The molecule has 6 nitrogen and oxygen atoms in total. The van der Waals surface area contributed by atoms with Crippen LogP contribution in [0.3, 0.4) is 0 Å². The predicted molar refractivity (Wildman–Crippen MR) is 136 cm³/mol. The molecule has 1 aromatic carbocycles. The Hall–Kier alpha value is -1.74. The standard InChI is InChI=1S/C22H30ClN5O.HI/c1-3-24-22(25-12-10-17-8-9-21(23)26-14-17)27-15-18-11-13-28(16-18)19-6-4-5-7-20(19)29-2;/h4-9,14,18H,3,10-13,15-16H2,1-2H3,(H2,24,25,27);1H. The van der Waals surface area contributed by atoms with Crippen molar-refractivity contribution in [1.82, 2.24) is 15.6 Å². The van der Waals surface area contributed by atoms with Crippen LogP contribution in [0, 0.1) is 5.92 Å². The molecule has 1 atom stereocenters. The lowest BCUT2D eigenvalue weighted by atomic mass is 10.1. The molecule has 2 aromatic rings. The van der Waals surface area contributed by atoms with Gasteiger partial charge >= 0.3 is 0 Å². The van der Waals surface area contributed by atoms with E-state index in [-0.39, 0.29) is 24.0 Å². The third-order valence-corrected chi connectivity index (χ3v) is 5.28. The van der Waals surface area contributed by atoms with Crippen LogP contribution in [0.25, 0.3) is 0 Å². The zero-order valence-corrected chi connectivity index (χ0v) is 20.7. The van der Waals surface area contributed by atoms with Gasteiger partial charge in [0.15, 0.2) is 5.96 Å². The van der Waals surface area contributed by atoms with Crippen molar-refractivity contribution in [3.05, 3.63) is 53.3 Å². The average Bonchev–Trinajstić information content (AvgIpc) is 3.22. The predicted octanol–water partition coefficient (Wildman–Crippen LogP) is 3.99. The number of methoxy groups -OCH3 is 1. The van der Waals surface area contributed by atoms with Crippen molar-refractivity contribution in [1.29, 1.82) is 0 Å². The lowest BCUT2D eigenvalue weighted by Gasteiger charge is -2.21. The van der Waals surface area contributed by atoms with E-state index >= 15 is 0 Å². The minimum atomic E-state index is 0. The third-order valence-electron chi connectivity index (χ3n) is 5.06. The van der Waals surface area contributed by atoms with Crippen LogP contribution in [-0.2, 0) is 6.42 Å². The second kappa shape index (κ2) is 12.8. The summed E-state index contributed by atoms with van der Waals surface area (Å²) in [5.74, 6) is 2.34. The molecule has 3 rings (SSSR count). The van der Waals surface area contributed by atoms with Crippen molar-refractivity contribution >= 4 is 47.2 Å². The highest BCUT2D eigenvalue weighted by atomic mass is 127. The van der Waals surface area contributed by atoms with Gasteiger partial charge in [-0.05, 0) is 49.4 Å². The van der Waals surface area contributed by atoms with E-state index < -0.39 is 0 Å². The number of hydrogen-bond acceptors (Lipinski definition) is 4. The summed E-state index contributed by atoms with van der Waals surface area (Å²) in [5.41, 5.74) is 2.32. The van der Waals surface area contributed by atoms with Crippen molar-refractivity contribution < 1.29 is 4.74 Å². The number of para-hydroxylation sites is 2. The number of pyridine rings is 1. The summed E-state index contributed by atoms with van der Waals surface area (Å²) in [7, 11) is 1.73. The van der Waals surface area contributed by atoms with E-state index in [0.717, 1.165) is 62.8 Å². The molecule has 30 heavy (non-hydrogen) atoms. The van der Waals surface area contributed by atoms with Crippen LogP contribution in [0.1, 0.15) is 18.9 Å². The Balaban J connectivity index is 0.00000320. The Bertz CT molecular complexity index is 802. The fraction of sp³-hybridized carbons (Fsp3) is 0.455. The SMILES string of the molecule is CCNC(=NCC1CCN(c2ccccc2OC)C1)NCCc1ccc(Cl)nc1.I. The molecule has 8 heteroatoms. The van der Waals surface area contributed by atoms with Gasteiger partial charge in [0, 0.05) is 38.9 Å². The summed E-state index contributed by atoms with van der Waals surface area (Å²) >= 11 is 5.84. The summed E-state index contributed by atoms with van der Waals surface area (Å²) in [6.45, 7) is 6.57. The molecule has 1 unspecified atom stereocenters. The minimum Gasteiger partial charge on any atom is -0.495 e. The molecule has 1 fully saturated rings. The number of ether oxygens (including phenoxy) is 1. The lowest BCUT2D eigenvalue weighted by Crippen LogP contribution is -2.38. The van der Waals surface area contributed by atoms with Crippen LogP contribution >= 0.6 is 35.6 Å². The number of anilines is 1. The largest absolute Gasteiger partial charge is 0.495 e. The van der Waals surface area contributed by atoms with Gasteiger partial charge in [-0.2, -0.15) is 0 Å². The average molecular weight is 544 g/mol. The number of aliphatic imine (C=N–C) groups is 1. The van der Waals surface area contributed by atoms with Gasteiger partial charge in [0.2, 0.25) is 0 Å². The molecule has 2 N–H and O–H groups in total. The highest BCUT2D eigenvalue weighted by Crippen LogP contribution is 2.31. The number of halogens is 2. The van der Waals surface area contributed by atoms with Crippen molar-refractivity contribution in [2.24, 2.45) is 10.9 Å². The highest BCUT2D eigenvalue weighted by Gasteiger charge is 2.24. The van der Waals surface area contributed by atoms with Crippen molar-refractivity contribution in [3.8, 4) is 5.75 Å². The van der Waals surface area contributed by atoms with E-state index in [9.17, 15) is 0 Å². The van der Waals surface area contributed by atoms with Crippen molar-refractivity contribution in [3.63, 3.8) is 0 Å². The molecule has 0 saturated carbocycles. The fourth-order valence-corrected chi connectivity index (χ4v) is 3.64. The summed E-state index contributed by atoms with van der Waals surface area (Å²) < 4.78 is 5.51. The smallest absolute Gasteiger partial charge is 0.191 e. The van der Waals surface area contributed by atoms with E-state index in [1.807, 2.05) is 30.5 Å². The molecule has 1 saturated heterocycles. The van der Waals surface area contributed by atoms with Gasteiger partial charge in [0.25, 0.3) is 0 Å². The fourth-order valence-electron chi connectivity index (χ4n) is 3.53. The van der Waals surface area contributed by atoms with E-state index in [2.05, 4.69) is 39.6 Å². The van der Waals surface area contributed by atoms with Crippen LogP contribution in [-0.4, -0.2) is 50.8 Å². The lowest BCUT2D eigenvalue weighted by molar-refractivity contribution is 0.414. The van der Waals surface area contributed by atoms with E-state index in [0.29, 0.717) is 11.1 Å². The first-order valence-corrected chi connectivity index (χ1v) is 10.6. The van der Waals surface area contributed by atoms with Crippen LogP contribution in [0.15, 0.2) is 47.6 Å². The van der Waals surface area contributed by atoms with Crippen molar-refractivity contribution in [2.75, 3.05) is 44.7 Å². The number of nitrogens with zero attached hydrogens (tertiary/aromatic N) is 3. The normalized spacial score (nSPS) is 16.2. The maximum absolute atomic E-state index is 5.84. The van der Waals surface area contributed by atoms with Crippen LogP contribution < -0.4 is 20.3 Å². The zero-order chi connectivity index (χ0) is 20.5. The molecule has 164 valence electrons. The van der Waals surface area contributed by atoms with E-state index in [1.165, 1.54) is 5.69 Å². The summed E-state index contributed by atoms with van der Waals surface area (Å²) in [6.07, 6.45) is 3.83. The van der Waals surface area contributed by atoms with Gasteiger partial charge in [0.1, 0.15) is 10.9 Å². The summed E-state index contributed by atoms with van der Waals surface area (Å²) in [5, 5.41) is 7.27. The number of aromatic nitrogens is 1. The van der Waals surface area contributed by atoms with E-state index in [4.69, 9.17) is 21.3 Å². The molecule has 0 spiro atoms. The van der Waals surface area contributed by atoms with E-state index in [1.54, 1.807) is 7.11 Å². The minimum absolute atomic E-state index is 0. The Morgan fingerprint density at radius 1 is 1.27 bits per heavy atom.